The van der Waals surface area contributed by atoms with E-state index in [0.29, 0.717) is 6.61 Å². The average Bonchev–Trinajstić information content (AvgIpc) is 2.46. The molecule has 1 aromatic rings. The first-order valence-electron chi connectivity index (χ1n) is 4.78. The lowest BCUT2D eigenvalue weighted by Gasteiger charge is -2.10. The van der Waals surface area contributed by atoms with Crippen LogP contribution < -0.4 is 9.47 Å². The molecule has 1 unspecified atom stereocenters. The highest BCUT2D eigenvalue weighted by atomic mass is 16.5. The summed E-state index contributed by atoms with van der Waals surface area (Å²) in [7, 11) is 0. The molecule has 1 aromatic carbocycles. The molecule has 3 heteroatoms. The minimum absolute atomic E-state index is 0.152. The molecule has 2 rings (SSSR count). The quantitative estimate of drug-likeness (QED) is 0.781. The van der Waals surface area contributed by atoms with E-state index in [2.05, 4.69) is 0 Å². The van der Waals surface area contributed by atoms with Gasteiger partial charge < -0.3 is 14.6 Å². The number of hydrogen-bond acceptors (Lipinski definition) is 3. The van der Waals surface area contributed by atoms with Gasteiger partial charge in [-0.05, 0) is 26.0 Å². The number of rotatable bonds is 2. The maximum atomic E-state index is 9.49. The summed E-state index contributed by atoms with van der Waals surface area (Å²) in [5.41, 5.74) is 0.848. The van der Waals surface area contributed by atoms with Gasteiger partial charge in [0.25, 0.3) is 0 Å². The van der Waals surface area contributed by atoms with Crippen molar-refractivity contribution in [3.8, 4) is 11.5 Å². The second-order valence-electron chi connectivity index (χ2n) is 3.69. The first-order valence-corrected chi connectivity index (χ1v) is 4.78. The van der Waals surface area contributed by atoms with E-state index in [1.54, 1.807) is 0 Å². The van der Waals surface area contributed by atoms with E-state index in [4.69, 9.17) is 9.47 Å². The van der Waals surface area contributed by atoms with E-state index in [-0.39, 0.29) is 6.10 Å². The monoisotopic (exact) mass is 194 g/mol. The summed E-state index contributed by atoms with van der Waals surface area (Å²) in [5.74, 6) is 1.52. The number of benzene rings is 1. The molecular formula is C11H14O3. The summed E-state index contributed by atoms with van der Waals surface area (Å²) in [6.45, 7) is 4.30. The fourth-order valence-electron chi connectivity index (χ4n) is 1.52. The van der Waals surface area contributed by atoms with E-state index in [1.165, 1.54) is 0 Å². The van der Waals surface area contributed by atoms with Gasteiger partial charge in [0.1, 0.15) is 24.2 Å². The Morgan fingerprint density at radius 1 is 1.50 bits per heavy atom. The van der Waals surface area contributed by atoms with E-state index in [1.807, 2.05) is 32.0 Å². The molecule has 0 spiro atoms. The molecule has 0 aliphatic carbocycles. The Bertz CT molecular complexity index is 333. The molecule has 0 aromatic heterocycles. The number of aliphatic hydroxyl groups is 1. The van der Waals surface area contributed by atoms with Gasteiger partial charge in [0.2, 0.25) is 0 Å². The number of aliphatic hydroxyl groups excluding tert-OH is 1. The first-order chi connectivity index (χ1) is 6.66. The standard InChI is InChI=1S/C11H14O3/c1-7(2)14-8-3-4-9-10(12)6-13-11(9)5-8/h3-5,7,10,12H,6H2,1-2H3. The van der Waals surface area contributed by atoms with Crippen molar-refractivity contribution in [1.29, 1.82) is 0 Å². The van der Waals surface area contributed by atoms with Crippen molar-refractivity contribution >= 4 is 0 Å². The maximum absolute atomic E-state index is 9.49. The maximum Gasteiger partial charge on any atom is 0.129 e. The zero-order chi connectivity index (χ0) is 10.1. The van der Waals surface area contributed by atoms with Crippen molar-refractivity contribution in [1.82, 2.24) is 0 Å². The fraction of sp³-hybridized carbons (Fsp3) is 0.455. The second kappa shape index (κ2) is 3.50. The molecule has 0 bridgehead atoms. The molecule has 1 atom stereocenters. The SMILES string of the molecule is CC(C)Oc1ccc2c(c1)OCC2O. The van der Waals surface area contributed by atoms with Crippen molar-refractivity contribution in [3.63, 3.8) is 0 Å². The number of hydrogen-bond donors (Lipinski definition) is 1. The number of fused-ring (bicyclic) bond motifs is 1. The summed E-state index contributed by atoms with van der Waals surface area (Å²) in [6.07, 6.45) is -0.336. The zero-order valence-corrected chi connectivity index (χ0v) is 8.36. The van der Waals surface area contributed by atoms with Crippen molar-refractivity contribution < 1.29 is 14.6 Å². The van der Waals surface area contributed by atoms with Crippen LogP contribution in [0, 0.1) is 0 Å². The fourth-order valence-corrected chi connectivity index (χ4v) is 1.52. The molecule has 1 aliphatic heterocycles. The lowest BCUT2D eigenvalue weighted by Crippen LogP contribution is -2.05. The Kier molecular flexibility index (Phi) is 2.33. The smallest absolute Gasteiger partial charge is 0.129 e. The zero-order valence-electron chi connectivity index (χ0n) is 8.36. The van der Waals surface area contributed by atoms with Crippen LogP contribution in [0.2, 0.25) is 0 Å². The van der Waals surface area contributed by atoms with Crippen LogP contribution in [0.15, 0.2) is 18.2 Å². The highest BCUT2D eigenvalue weighted by molar-refractivity contribution is 5.44. The predicted octanol–water partition coefficient (Wildman–Crippen LogP) is 1.90. The molecule has 0 radical (unpaired) electrons. The summed E-state index contributed by atoms with van der Waals surface area (Å²) >= 11 is 0. The van der Waals surface area contributed by atoms with Gasteiger partial charge in [-0.1, -0.05) is 0 Å². The lowest BCUT2D eigenvalue weighted by molar-refractivity contribution is 0.140. The molecule has 14 heavy (non-hydrogen) atoms. The molecule has 0 amide bonds. The van der Waals surface area contributed by atoms with Crippen molar-refractivity contribution in [3.05, 3.63) is 23.8 Å². The van der Waals surface area contributed by atoms with Crippen molar-refractivity contribution in [2.75, 3.05) is 6.61 Å². The van der Waals surface area contributed by atoms with E-state index < -0.39 is 6.10 Å². The third kappa shape index (κ3) is 1.68. The Labute approximate surface area is 83.3 Å². The van der Waals surface area contributed by atoms with Crippen LogP contribution in [0.25, 0.3) is 0 Å². The Hall–Kier alpha value is -1.22. The largest absolute Gasteiger partial charge is 0.491 e. The minimum Gasteiger partial charge on any atom is -0.491 e. The third-order valence-electron chi connectivity index (χ3n) is 2.11. The van der Waals surface area contributed by atoms with Crippen LogP contribution in [0.5, 0.6) is 11.5 Å². The summed E-state index contributed by atoms with van der Waals surface area (Å²) in [5, 5.41) is 9.49. The van der Waals surface area contributed by atoms with Crippen LogP contribution in [-0.2, 0) is 0 Å². The van der Waals surface area contributed by atoms with Gasteiger partial charge in [-0.15, -0.1) is 0 Å². The third-order valence-corrected chi connectivity index (χ3v) is 2.11. The van der Waals surface area contributed by atoms with Gasteiger partial charge in [-0.25, -0.2) is 0 Å². The Balaban J connectivity index is 2.24. The minimum atomic E-state index is -0.488. The summed E-state index contributed by atoms with van der Waals surface area (Å²) < 4.78 is 10.8. The molecule has 1 aliphatic rings. The van der Waals surface area contributed by atoms with Crippen LogP contribution in [-0.4, -0.2) is 17.8 Å². The molecule has 0 fully saturated rings. The number of ether oxygens (including phenoxy) is 2. The second-order valence-corrected chi connectivity index (χ2v) is 3.69. The van der Waals surface area contributed by atoms with E-state index in [9.17, 15) is 5.11 Å². The summed E-state index contributed by atoms with van der Waals surface area (Å²) in [4.78, 5) is 0. The molecule has 0 saturated carbocycles. The lowest BCUT2D eigenvalue weighted by atomic mass is 10.1. The summed E-state index contributed by atoms with van der Waals surface area (Å²) in [6, 6.07) is 5.53. The van der Waals surface area contributed by atoms with Crippen molar-refractivity contribution in [2.24, 2.45) is 0 Å². The Morgan fingerprint density at radius 2 is 2.29 bits per heavy atom. The van der Waals surface area contributed by atoms with Crippen LogP contribution in [0.4, 0.5) is 0 Å². The van der Waals surface area contributed by atoms with Crippen LogP contribution in [0.3, 0.4) is 0 Å². The van der Waals surface area contributed by atoms with E-state index >= 15 is 0 Å². The Morgan fingerprint density at radius 3 is 3.00 bits per heavy atom. The molecule has 0 saturated heterocycles. The predicted molar refractivity (Wildman–Crippen MR) is 52.7 cm³/mol. The van der Waals surface area contributed by atoms with Crippen molar-refractivity contribution in [2.45, 2.75) is 26.1 Å². The van der Waals surface area contributed by atoms with Crippen LogP contribution >= 0.6 is 0 Å². The normalized spacial score (nSPS) is 19.3. The van der Waals surface area contributed by atoms with Gasteiger partial charge >= 0.3 is 0 Å². The highest BCUT2D eigenvalue weighted by Crippen LogP contribution is 2.35. The van der Waals surface area contributed by atoms with Gasteiger partial charge in [-0.2, -0.15) is 0 Å². The van der Waals surface area contributed by atoms with Gasteiger partial charge in [0.05, 0.1) is 6.10 Å². The molecule has 76 valence electrons. The molecule has 3 nitrogen and oxygen atoms in total. The molecule has 1 heterocycles. The average molecular weight is 194 g/mol. The van der Waals surface area contributed by atoms with E-state index in [0.717, 1.165) is 17.1 Å². The van der Waals surface area contributed by atoms with Gasteiger partial charge in [0.15, 0.2) is 0 Å². The highest BCUT2D eigenvalue weighted by Gasteiger charge is 2.22. The molecule has 1 N–H and O–H groups in total. The van der Waals surface area contributed by atoms with Crippen LogP contribution in [0.1, 0.15) is 25.5 Å². The topological polar surface area (TPSA) is 38.7 Å². The first kappa shape index (κ1) is 9.34. The molecular weight excluding hydrogens is 180 g/mol. The van der Waals surface area contributed by atoms with Gasteiger partial charge in [-0.3, -0.25) is 0 Å². The van der Waals surface area contributed by atoms with Gasteiger partial charge in [0, 0.05) is 11.6 Å².